The van der Waals surface area contributed by atoms with Crippen molar-refractivity contribution in [3.05, 3.63) is 58.0 Å². The first-order chi connectivity index (χ1) is 7.99. The van der Waals surface area contributed by atoms with Crippen LogP contribution in [0.4, 0.5) is 0 Å². The maximum atomic E-state index is 12.4. The summed E-state index contributed by atoms with van der Waals surface area (Å²) in [6, 6.07) is 7.67. The molecule has 1 aromatic carbocycles. The fourth-order valence-electron chi connectivity index (χ4n) is 2.07. The van der Waals surface area contributed by atoms with Gasteiger partial charge in [0.2, 0.25) is 0 Å². The summed E-state index contributed by atoms with van der Waals surface area (Å²) in [6.07, 6.45) is 0. The van der Waals surface area contributed by atoms with Crippen molar-refractivity contribution in [3.8, 4) is 0 Å². The molecule has 0 spiro atoms. The van der Waals surface area contributed by atoms with E-state index in [9.17, 15) is 4.79 Å². The third kappa shape index (κ3) is 2.16. The smallest absolute Gasteiger partial charge is 0.196 e. The molecule has 2 rings (SSSR count). The molecule has 2 aromatic rings. The zero-order valence-electron chi connectivity index (χ0n) is 10.6. The van der Waals surface area contributed by atoms with E-state index in [-0.39, 0.29) is 5.78 Å². The van der Waals surface area contributed by atoms with Crippen molar-refractivity contribution in [1.82, 2.24) is 0 Å². The number of carbonyl (C=O) groups excluding carboxylic acids is 1. The highest BCUT2D eigenvalue weighted by Gasteiger charge is 2.17. The summed E-state index contributed by atoms with van der Waals surface area (Å²) in [7, 11) is 0. The van der Waals surface area contributed by atoms with Crippen molar-refractivity contribution in [3.63, 3.8) is 0 Å². The van der Waals surface area contributed by atoms with Crippen LogP contribution in [0, 0.1) is 27.7 Å². The van der Waals surface area contributed by atoms with Crippen molar-refractivity contribution in [2.45, 2.75) is 27.7 Å². The Balaban J connectivity index is 2.47. The minimum atomic E-state index is 0.0388. The molecule has 88 valence electrons. The van der Waals surface area contributed by atoms with Crippen LogP contribution in [0.15, 0.2) is 28.7 Å². The number of carbonyl (C=O) groups is 1. The second-order valence-corrected chi connectivity index (χ2v) is 4.47. The van der Waals surface area contributed by atoms with Gasteiger partial charge in [-0.2, -0.15) is 0 Å². The van der Waals surface area contributed by atoms with Gasteiger partial charge >= 0.3 is 0 Å². The van der Waals surface area contributed by atoms with E-state index in [1.54, 1.807) is 6.07 Å². The molecular formula is C15H16O2. The zero-order valence-corrected chi connectivity index (χ0v) is 10.6. The molecule has 0 aliphatic rings. The van der Waals surface area contributed by atoms with Crippen LogP contribution in [-0.2, 0) is 0 Å². The summed E-state index contributed by atoms with van der Waals surface area (Å²) in [6.45, 7) is 7.66. The van der Waals surface area contributed by atoms with E-state index in [1.165, 1.54) is 5.56 Å². The van der Waals surface area contributed by atoms with Gasteiger partial charge in [-0.25, -0.2) is 0 Å². The van der Waals surface area contributed by atoms with E-state index in [0.717, 1.165) is 16.9 Å². The van der Waals surface area contributed by atoms with Crippen LogP contribution in [-0.4, -0.2) is 5.78 Å². The van der Waals surface area contributed by atoms with Crippen LogP contribution < -0.4 is 0 Å². The summed E-state index contributed by atoms with van der Waals surface area (Å²) < 4.78 is 5.40. The summed E-state index contributed by atoms with van der Waals surface area (Å²) in [5, 5.41) is 0. The Hall–Kier alpha value is -1.83. The summed E-state index contributed by atoms with van der Waals surface area (Å²) in [5.41, 5.74) is 3.58. The molecule has 0 atom stereocenters. The maximum Gasteiger partial charge on any atom is 0.196 e. The molecule has 17 heavy (non-hydrogen) atoms. The molecule has 0 aliphatic heterocycles. The zero-order chi connectivity index (χ0) is 12.6. The lowest BCUT2D eigenvalue weighted by Crippen LogP contribution is -2.04. The Labute approximate surface area is 101 Å². The molecule has 0 amide bonds. The Morgan fingerprint density at radius 2 is 1.71 bits per heavy atom. The van der Waals surface area contributed by atoms with E-state index in [2.05, 4.69) is 0 Å². The van der Waals surface area contributed by atoms with Crippen LogP contribution in [0.2, 0.25) is 0 Å². The third-order valence-corrected chi connectivity index (χ3v) is 2.91. The fraction of sp³-hybridized carbons (Fsp3) is 0.267. The average molecular weight is 228 g/mol. The van der Waals surface area contributed by atoms with Crippen LogP contribution in [0.25, 0.3) is 0 Å². The third-order valence-electron chi connectivity index (χ3n) is 2.91. The number of benzene rings is 1. The lowest BCUT2D eigenvalue weighted by atomic mass is 9.98. The SMILES string of the molecule is Cc1ccc(C(=O)c2cc(C)oc2C)c(C)c1. The van der Waals surface area contributed by atoms with Crippen LogP contribution >= 0.6 is 0 Å². The quantitative estimate of drug-likeness (QED) is 0.733. The van der Waals surface area contributed by atoms with Gasteiger partial charge < -0.3 is 4.42 Å². The molecular weight excluding hydrogens is 212 g/mol. The van der Waals surface area contributed by atoms with E-state index in [1.807, 2.05) is 45.9 Å². The summed E-state index contributed by atoms with van der Waals surface area (Å²) >= 11 is 0. The van der Waals surface area contributed by atoms with Crippen molar-refractivity contribution >= 4 is 5.78 Å². The Kier molecular flexibility index (Phi) is 2.88. The van der Waals surface area contributed by atoms with Crippen LogP contribution in [0.3, 0.4) is 0 Å². The molecule has 1 aromatic heterocycles. The first-order valence-electron chi connectivity index (χ1n) is 5.68. The van der Waals surface area contributed by atoms with Crippen molar-refractivity contribution in [2.75, 3.05) is 0 Å². The van der Waals surface area contributed by atoms with Crippen LogP contribution in [0.5, 0.6) is 0 Å². The molecule has 1 heterocycles. The Morgan fingerprint density at radius 3 is 2.24 bits per heavy atom. The number of hydrogen-bond acceptors (Lipinski definition) is 2. The largest absolute Gasteiger partial charge is 0.466 e. The molecule has 2 nitrogen and oxygen atoms in total. The second kappa shape index (κ2) is 4.21. The van der Waals surface area contributed by atoms with Crippen LogP contribution in [0.1, 0.15) is 38.6 Å². The number of hydrogen-bond donors (Lipinski definition) is 0. The van der Waals surface area contributed by atoms with E-state index < -0.39 is 0 Å². The standard InChI is InChI=1S/C15H16O2/c1-9-5-6-13(10(2)7-9)15(16)14-8-11(3)17-12(14)4/h5-8H,1-4H3. The van der Waals surface area contributed by atoms with Gasteiger partial charge in [-0.15, -0.1) is 0 Å². The summed E-state index contributed by atoms with van der Waals surface area (Å²) in [5.74, 6) is 1.50. The minimum Gasteiger partial charge on any atom is -0.466 e. The minimum absolute atomic E-state index is 0.0388. The highest BCUT2D eigenvalue weighted by atomic mass is 16.3. The molecule has 0 radical (unpaired) electrons. The normalized spacial score (nSPS) is 10.6. The number of ketones is 1. The van der Waals surface area contributed by atoms with Crippen molar-refractivity contribution in [1.29, 1.82) is 0 Å². The number of furan rings is 1. The molecule has 0 aliphatic carbocycles. The molecule has 0 unspecified atom stereocenters. The highest BCUT2D eigenvalue weighted by molar-refractivity contribution is 6.10. The molecule has 0 N–H and O–H groups in total. The van der Waals surface area contributed by atoms with Gasteiger partial charge in [-0.3, -0.25) is 4.79 Å². The predicted molar refractivity (Wildman–Crippen MR) is 67.5 cm³/mol. The van der Waals surface area contributed by atoms with Gasteiger partial charge in [0.05, 0.1) is 5.56 Å². The summed E-state index contributed by atoms with van der Waals surface area (Å²) in [4.78, 5) is 12.4. The van der Waals surface area contributed by atoms with Crippen molar-refractivity contribution < 1.29 is 9.21 Å². The second-order valence-electron chi connectivity index (χ2n) is 4.47. The lowest BCUT2D eigenvalue weighted by Gasteiger charge is -2.05. The first-order valence-corrected chi connectivity index (χ1v) is 5.68. The first kappa shape index (κ1) is 11.6. The molecule has 0 bridgehead atoms. The molecule has 2 heteroatoms. The lowest BCUT2D eigenvalue weighted by molar-refractivity contribution is 0.103. The average Bonchev–Trinajstić information content (AvgIpc) is 2.57. The van der Waals surface area contributed by atoms with Crippen molar-refractivity contribution in [2.24, 2.45) is 0 Å². The van der Waals surface area contributed by atoms with Gasteiger partial charge in [-0.05, 0) is 39.3 Å². The van der Waals surface area contributed by atoms with E-state index >= 15 is 0 Å². The van der Waals surface area contributed by atoms with Gasteiger partial charge in [0.25, 0.3) is 0 Å². The molecule has 0 fully saturated rings. The molecule has 0 saturated carbocycles. The highest BCUT2D eigenvalue weighted by Crippen LogP contribution is 2.20. The maximum absolute atomic E-state index is 12.4. The van der Waals surface area contributed by atoms with Gasteiger partial charge in [0.1, 0.15) is 11.5 Å². The van der Waals surface area contributed by atoms with Gasteiger partial charge in [0, 0.05) is 5.56 Å². The monoisotopic (exact) mass is 228 g/mol. The Morgan fingerprint density at radius 1 is 1.00 bits per heavy atom. The Bertz CT molecular complexity index is 577. The number of rotatable bonds is 2. The van der Waals surface area contributed by atoms with E-state index in [4.69, 9.17) is 4.42 Å². The molecule has 0 saturated heterocycles. The number of aryl methyl sites for hydroxylation is 4. The topological polar surface area (TPSA) is 30.2 Å². The van der Waals surface area contributed by atoms with Gasteiger partial charge in [0.15, 0.2) is 5.78 Å². The fourth-order valence-corrected chi connectivity index (χ4v) is 2.07. The van der Waals surface area contributed by atoms with E-state index in [0.29, 0.717) is 11.3 Å². The predicted octanol–water partition coefficient (Wildman–Crippen LogP) is 3.74. The van der Waals surface area contributed by atoms with Gasteiger partial charge in [-0.1, -0.05) is 23.8 Å².